The second-order valence-corrected chi connectivity index (χ2v) is 6.73. The number of likely N-dealkylation sites (N-methyl/N-ethyl adjacent to an activating group) is 1. The molecule has 1 aliphatic heterocycles. The SMILES string of the molecule is CCC1CCC(NCc2ccc3c(c2)CCN3C)C1C. The molecule has 1 N–H and O–H groups in total. The van der Waals surface area contributed by atoms with Crippen LogP contribution in [0, 0.1) is 11.8 Å². The van der Waals surface area contributed by atoms with Gasteiger partial charge >= 0.3 is 0 Å². The molecule has 1 saturated carbocycles. The third-order valence-electron chi connectivity index (χ3n) is 5.59. The van der Waals surface area contributed by atoms with Gasteiger partial charge in [-0.3, -0.25) is 0 Å². The van der Waals surface area contributed by atoms with Gasteiger partial charge in [-0.25, -0.2) is 0 Å². The fourth-order valence-electron chi connectivity index (χ4n) is 4.09. The first kappa shape index (κ1) is 13.9. The number of fused-ring (bicyclic) bond motifs is 1. The van der Waals surface area contributed by atoms with Crippen molar-refractivity contribution in [3.63, 3.8) is 0 Å². The number of hydrogen-bond acceptors (Lipinski definition) is 2. The second-order valence-electron chi connectivity index (χ2n) is 6.73. The summed E-state index contributed by atoms with van der Waals surface area (Å²) in [6.45, 7) is 6.96. The van der Waals surface area contributed by atoms with Gasteiger partial charge in [-0.05, 0) is 48.3 Å². The molecule has 0 saturated heterocycles. The highest BCUT2D eigenvalue weighted by Crippen LogP contribution is 2.34. The van der Waals surface area contributed by atoms with Crippen LogP contribution < -0.4 is 10.2 Å². The van der Waals surface area contributed by atoms with Gasteiger partial charge in [0.05, 0.1) is 0 Å². The molecule has 3 rings (SSSR count). The number of nitrogens with zero attached hydrogens (tertiary/aromatic N) is 1. The summed E-state index contributed by atoms with van der Waals surface area (Å²) in [5.41, 5.74) is 4.40. The fraction of sp³-hybridized carbons (Fsp3) is 0.667. The average Bonchev–Trinajstić information content (AvgIpc) is 3.00. The van der Waals surface area contributed by atoms with E-state index >= 15 is 0 Å². The van der Waals surface area contributed by atoms with Crippen LogP contribution in [0.15, 0.2) is 18.2 Å². The first-order valence-corrected chi connectivity index (χ1v) is 8.25. The molecule has 1 aromatic carbocycles. The number of anilines is 1. The topological polar surface area (TPSA) is 15.3 Å². The molecule has 20 heavy (non-hydrogen) atoms. The minimum absolute atomic E-state index is 0.718. The van der Waals surface area contributed by atoms with Gasteiger partial charge in [-0.1, -0.05) is 32.4 Å². The van der Waals surface area contributed by atoms with Crippen LogP contribution >= 0.6 is 0 Å². The van der Waals surface area contributed by atoms with Crippen LogP contribution in [-0.4, -0.2) is 19.6 Å². The molecular formula is C18H28N2. The van der Waals surface area contributed by atoms with Crippen LogP contribution in [0.5, 0.6) is 0 Å². The Morgan fingerprint density at radius 3 is 2.90 bits per heavy atom. The van der Waals surface area contributed by atoms with Crippen molar-refractivity contribution in [2.75, 3.05) is 18.5 Å². The smallest absolute Gasteiger partial charge is 0.0397 e. The zero-order valence-electron chi connectivity index (χ0n) is 13.2. The summed E-state index contributed by atoms with van der Waals surface area (Å²) in [4.78, 5) is 2.36. The predicted octanol–water partition coefficient (Wildman–Crippen LogP) is 3.59. The number of rotatable bonds is 4. The summed E-state index contributed by atoms with van der Waals surface area (Å²) in [6, 6.07) is 7.72. The molecule has 0 amide bonds. The molecule has 3 unspecified atom stereocenters. The molecule has 2 aliphatic rings. The Morgan fingerprint density at radius 1 is 1.30 bits per heavy atom. The number of nitrogens with one attached hydrogen (secondary N) is 1. The summed E-state index contributed by atoms with van der Waals surface area (Å²) in [6.07, 6.45) is 5.31. The van der Waals surface area contributed by atoms with Gasteiger partial charge < -0.3 is 10.2 Å². The molecule has 0 radical (unpaired) electrons. The quantitative estimate of drug-likeness (QED) is 0.901. The summed E-state index contributed by atoms with van der Waals surface area (Å²) in [5.74, 6) is 1.77. The molecule has 2 nitrogen and oxygen atoms in total. The van der Waals surface area contributed by atoms with E-state index in [4.69, 9.17) is 0 Å². The highest BCUT2D eigenvalue weighted by atomic mass is 15.1. The average molecular weight is 272 g/mol. The van der Waals surface area contributed by atoms with E-state index in [-0.39, 0.29) is 0 Å². The van der Waals surface area contributed by atoms with Crippen molar-refractivity contribution in [2.24, 2.45) is 11.8 Å². The van der Waals surface area contributed by atoms with Gasteiger partial charge in [0.2, 0.25) is 0 Å². The monoisotopic (exact) mass is 272 g/mol. The maximum atomic E-state index is 3.80. The lowest BCUT2D eigenvalue weighted by molar-refractivity contribution is 0.344. The highest BCUT2D eigenvalue weighted by molar-refractivity contribution is 5.58. The molecule has 1 fully saturated rings. The molecule has 1 aromatic rings. The molecule has 0 bridgehead atoms. The standard InChI is InChI=1S/C18H28N2/c1-4-15-6-7-17(13(15)2)19-12-14-5-8-18-16(11-14)9-10-20(18)3/h5,8,11,13,15,17,19H,4,6-7,9-10,12H2,1-3H3. The summed E-state index contributed by atoms with van der Waals surface area (Å²) in [5, 5.41) is 3.80. The van der Waals surface area contributed by atoms with Crippen LogP contribution in [0.25, 0.3) is 0 Å². The van der Waals surface area contributed by atoms with Crippen LogP contribution in [0.4, 0.5) is 5.69 Å². The Kier molecular flexibility index (Phi) is 4.02. The van der Waals surface area contributed by atoms with Gasteiger partial charge in [0.15, 0.2) is 0 Å². The maximum Gasteiger partial charge on any atom is 0.0397 e. The van der Waals surface area contributed by atoms with Crippen molar-refractivity contribution in [1.29, 1.82) is 0 Å². The lowest BCUT2D eigenvalue weighted by Crippen LogP contribution is -2.32. The Bertz CT molecular complexity index is 468. The molecule has 0 spiro atoms. The van der Waals surface area contributed by atoms with E-state index in [0.717, 1.165) is 24.4 Å². The van der Waals surface area contributed by atoms with Crippen LogP contribution in [0.2, 0.25) is 0 Å². The summed E-state index contributed by atoms with van der Waals surface area (Å²) in [7, 11) is 2.19. The Balaban J connectivity index is 1.60. The molecule has 3 atom stereocenters. The molecule has 110 valence electrons. The third-order valence-corrected chi connectivity index (χ3v) is 5.59. The Morgan fingerprint density at radius 2 is 2.15 bits per heavy atom. The summed E-state index contributed by atoms with van der Waals surface area (Å²) >= 11 is 0. The van der Waals surface area contributed by atoms with E-state index in [1.807, 2.05) is 0 Å². The van der Waals surface area contributed by atoms with Gasteiger partial charge in [-0.15, -0.1) is 0 Å². The Labute approximate surface area is 123 Å². The minimum Gasteiger partial charge on any atom is -0.374 e. The van der Waals surface area contributed by atoms with Crippen molar-refractivity contribution >= 4 is 5.69 Å². The minimum atomic E-state index is 0.718. The van der Waals surface area contributed by atoms with E-state index in [2.05, 4.69) is 49.3 Å². The molecule has 2 heteroatoms. The lowest BCUT2D eigenvalue weighted by atomic mass is 9.93. The van der Waals surface area contributed by atoms with E-state index < -0.39 is 0 Å². The fourth-order valence-corrected chi connectivity index (χ4v) is 4.09. The second kappa shape index (κ2) is 5.77. The summed E-state index contributed by atoms with van der Waals surface area (Å²) < 4.78 is 0. The van der Waals surface area contributed by atoms with Crippen LogP contribution in [0.1, 0.15) is 44.2 Å². The number of hydrogen-bond donors (Lipinski definition) is 1. The predicted molar refractivity (Wildman–Crippen MR) is 86.2 cm³/mol. The molecule has 0 aromatic heterocycles. The van der Waals surface area contributed by atoms with Gasteiger partial charge in [0, 0.05) is 31.9 Å². The van der Waals surface area contributed by atoms with Crippen molar-refractivity contribution in [3.8, 4) is 0 Å². The lowest BCUT2D eigenvalue weighted by Gasteiger charge is -2.21. The highest BCUT2D eigenvalue weighted by Gasteiger charge is 2.30. The molecule has 1 aliphatic carbocycles. The van der Waals surface area contributed by atoms with Crippen molar-refractivity contribution in [3.05, 3.63) is 29.3 Å². The van der Waals surface area contributed by atoms with Gasteiger partial charge in [0.1, 0.15) is 0 Å². The normalized spacial score (nSPS) is 28.9. The van der Waals surface area contributed by atoms with Crippen molar-refractivity contribution in [2.45, 2.75) is 52.1 Å². The molecular weight excluding hydrogens is 244 g/mol. The van der Waals surface area contributed by atoms with E-state index in [1.54, 1.807) is 0 Å². The zero-order valence-corrected chi connectivity index (χ0v) is 13.2. The number of benzene rings is 1. The van der Waals surface area contributed by atoms with Gasteiger partial charge in [0.25, 0.3) is 0 Å². The largest absolute Gasteiger partial charge is 0.374 e. The molecule has 1 heterocycles. The van der Waals surface area contributed by atoms with E-state index in [9.17, 15) is 0 Å². The van der Waals surface area contributed by atoms with E-state index in [0.29, 0.717) is 0 Å². The van der Waals surface area contributed by atoms with Crippen molar-refractivity contribution in [1.82, 2.24) is 5.32 Å². The first-order chi connectivity index (χ1) is 9.69. The van der Waals surface area contributed by atoms with Crippen LogP contribution in [-0.2, 0) is 13.0 Å². The first-order valence-electron chi connectivity index (χ1n) is 8.25. The van der Waals surface area contributed by atoms with Crippen LogP contribution in [0.3, 0.4) is 0 Å². The maximum absolute atomic E-state index is 3.80. The zero-order chi connectivity index (χ0) is 14.1. The van der Waals surface area contributed by atoms with Gasteiger partial charge in [-0.2, -0.15) is 0 Å². The van der Waals surface area contributed by atoms with Crippen molar-refractivity contribution < 1.29 is 0 Å². The third kappa shape index (κ3) is 2.58. The Hall–Kier alpha value is -1.02. The van der Waals surface area contributed by atoms with E-state index in [1.165, 1.54) is 49.0 Å².